The van der Waals surface area contributed by atoms with Gasteiger partial charge in [-0.25, -0.2) is 0 Å². The molecule has 0 aromatic heterocycles. The maximum absolute atomic E-state index is 12.1. The van der Waals surface area contributed by atoms with E-state index in [-0.39, 0.29) is 0 Å². The molecule has 0 saturated heterocycles. The van der Waals surface area contributed by atoms with Crippen LogP contribution in [0.3, 0.4) is 0 Å². The lowest BCUT2D eigenvalue weighted by atomic mass is 10.0. The number of halogens is 2. The van der Waals surface area contributed by atoms with Crippen LogP contribution in [-0.4, -0.2) is 6.61 Å². The van der Waals surface area contributed by atoms with Crippen molar-refractivity contribution >= 4 is 0 Å². The van der Waals surface area contributed by atoms with Crippen LogP contribution in [0.25, 0.3) is 0 Å². The van der Waals surface area contributed by atoms with Crippen LogP contribution in [0, 0.1) is 6.92 Å². The first-order chi connectivity index (χ1) is 6.68. The number of alkyl halides is 2. The monoisotopic (exact) mass is 198 g/mol. The Morgan fingerprint density at radius 1 is 1.21 bits per heavy atom. The lowest BCUT2D eigenvalue weighted by molar-refractivity contribution is -0.0504. The van der Waals surface area contributed by atoms with Gasteiger partial charge < -0.3 is 4.74 Å². The fraction of sp³-hybridized carbons (Fsp3) is 0.455. The molecule has 0 aliphatic heterocycles. The highest BCUT2D eigenvalue weighted by Crippen LogP contribution is 2.33. The van der Waals surface area contributed by atoms with Gasteiger partial charge in [-0.3, -0.25) is 0 Å². The molecule has 76 valence electrons. The van der Waals surface area contributed by atoms with E-state index in [9.17, 15) is 8.78 Å². The largest absolute Gasteiger partial charge is 0.435 e. The molecule has 1 aliphatic carbocycles. The van der Waals surface area contributed by atoms with E-state index in [1.165, 1.54) is 11.1 Å². The highest BCUT2D eigenvalue weighted by atomic mass is 19.3. The van der Waals surface area contributed by atoms with Crippen LogP contribution >= 0.6 is 0 Å². The lowest BCUT2D eigenvalue weighted by Gasteiger charge is -2.11. The molecule has 3 heteroatoms. The third kappa shape index (κ3) is 1.59. The Labute approximate surface area is 81.7 Å². The van der Waals surface area contributed by atoms with Crippen molar-refractivity contribution in [1.29, 1.82) is 0 Å². The Morgan fingerprint density at radius 2 is 1.93 bits per heavy atom. The van der Waals surface area contributed by atoms with E-state index in [0.29, 0.717) is 5.75 Å². The van der Waals surface area contributed by atoms with Gasteiger partial charge in [0.1, 0.15) is 5.75 Å². The van der Waals surface area contributed by atoms with Crippen LogP contribution in [0.1, 0.15) is 23.1 Å². The number of aryl methyl sites for hydroxylation is 1. The quantitative estimate of drug-likeness (QED) is 0.709. The molecule has 0 bridgehead atoms. The minimum atomic E-state index is -2.72. The number of rotatable bonds is 2. The standard InChI is InChI=1S/C11H12F2O/c1-7-5-6-10(14-11(12)13)9-4-2-3-8(7)9/h5-6,11H,2-4H2,1H3. The van der Waals surface area contributed by atoms with Gasteiger partial charge in [-0.15, -0.1) is 0 Å². The molecule has 1 nitrogen and oxygen atoms in total. The van der Waals surface area contributed by atoms with Crippen molar-refractivity contribution in [1.82, 2.24) is 0 Å². The van der Waals surface area contributed by atoms with Gasteiger partial charge in [0.25, 0.3) is 0 Å². The normalized spacial score (nSPS) is 14.6. The smallest absolute Gasteiger partial charge is 0.387 e. The van der Waals surface area contributed by atoms with Crippen molar-refractivity contribution in [3.05, 3.63) is 28.8 Å². The fourth-order valence-electron chi connectivity index (χ4n) is 2.06. The summed E-state index contributed by atoms with van der Waals surface area (Å²) in [5, 5.41) is 0. The second-order valence-electron chi connectivity index (χ2n) is 3.57. The Morgan fingerprint density at radius 3 is 2.64 bits per heavy atom. The first-order valence-corrected chi connectivity index (χ1v) is 4.74. The molecular weight excluding hydrogens is 186 g/mol. The zero-order chi connectivity index (χ0) is 10.1. The van der Waals surface area contributed by atoms with Crippen LogP contribution in [-0.2, 0) is 12.8 Å². The maximum Gasteiger partial charge on any atom is 0.387 e. The highest BCUT2D eigenvalue weighted by molar-refractivity contribution is 5.47. The molecule has 0 unspecified atom stereocenters. The molecule has 0 radical (unpaired) electrons. The van der Waals surface area contributed by atoms with E-state index < -0.39 is 6.61 Å². The molecule has 0 spiro atoms. The summed E-state index contributed by atoms with van der Waals surface area (Å²) in [4.78, 5) is 0. The van der Waals surface area contributed by atoms with Gasteiger partial charge in [-0.05, 0) is 48.9 Å². The van der Waals surface area contributed by atoms with Gasteiger partial charge in [0.2, 0.25) is 0 Å². The molecule has 0 atom stereocenters. The zero-order valence-electron chi connectivity index (χ0n) is 8.02. The summed E-state index contributed by atoms with van der Waals surface area (Å²) in [6, 6.07) is 3.49. The van der Waals surface area contributed by atoms with E-state index in [2.05, 4.69) is 4.74 Å². The number of ether oxygens (including phenoxy) is 1. The zero-order valence-corrected chi connectivity index (χ0v) is 8.02. The summed E-state index contributed by atoms with van der Waals surface area (Å²) in [6.07, 6.45) is 2.89. The predicted octanol–water partition coefficient (Wildman–Crippen LogP) is 3.09. The van der Waals surface area contributed by atoms with Gasteiger partial charge >= 0.3 is 6.61 Å². The summed E-state index contributed by atoms with van der Waals surface area (Å²) in [5.74, 6) is 0.359. The minimum absolute atomic E-state index is 0.359. The van der Waals surface area contributed by atoms with Crippen LogP contribution in [0.4, 0.5) is 8.78 Å². The average Bonchev–Trinajstić information content (AvgIpc) is 2.58. The fourth-order valence-corrected chi connectivity index (χ4v) is 2.06. The molecule has 0 heterocycles. The van der Waals surface area contributed by atoms with Crippen molar-refractivity contribution in [2.75, 3.05) is 0 Å². The summed E-state index contributed by atoms with van der Waals surface area (Å²) in [5.41, 5.74) is 3.35. The van der Waals surface area contributed by atoms with Gasteiger partial charge in [-0.2, -0.15) is 8.78 Å². The molecule has 0 saturated carbocycles. The van der Waals surface area contributed by atoms with Crippen LogP contribution in [0.2, 0.25) is 0 Å². The van der Waals surface area contributed by atoms with E-state index in [0.717, 1.165) is 24.8 Å². The van der Waals surface area contributed by atoms with Crippen LogP contribution < -0.4 is 4.74 Å². The summed E-state index contributed by atoms with van der Waals surface area (Å²) < 4.78 is 28.6. The molecule has 1 aromatic rings. The maximum atomic E-state index is 12.1. The molecule has 1 aliphatic rings. The second kappa shape index (κ2) is 3.56. The Kier molecular flexibility index (Phi) is 2.40. The number of fused-ring (bicyclic) bond motifs is 1. The Hall–Kier alpha value is -1.12. The van der Waals surface area contributed by atoms with E-state index >= 15 is 0 Å². The first kappa shape index (κ1) is 9.44. The number of hydrogen-bond acceptors (Lipinski definition) is 1. The third-order valence-corrected chi connectivity index (χ3v) is 2.69. The summed E-state index contributed by atoms with van der Waals surface area (Å²) in [7, 11) is 0. The minimum Gasteiger partial charge on any atom is -0.435 e. The van der Waals surface area contributed by atoms with E-state index in [1.54, 1.807) is 6.07 Å². The molecule has 1 aromatic carbocycles. The van der Waals surface area contributed by atoms with Crippen LogP contribution in [0.15, 0.2) is 12.1 Å². The van der Waals surface area contributed by atoms with Crippen molar-refractivity contribution in [3.63, 3.8) is 0 Å². The lowest BCUT2D eigenvalue weighted by Crippen LogP contribution is -2.04. The third-order valence-electron chi connectivity index (χ3n) is 2.69. The highest BCUT2D eigenvalue weighted by Gasteiger charge is 2.19. The molecule has 0 amide bonds. The molecule has 2 rings (SSSR count). The topological polar surface area (TPSA) is 9.23 Å². The van der Waals surface area contributed by atoms with E-state index in [4.69, 9.17) is 0 Å². The molecule has 0 N–H and O–H groups in total. The van der Waals surface area contributed by atoms with Gasteiger partial charge in [0.15, 0.2) is 0 Å². The van der Waals surface area contributed by atoms with Crippen LogP contribution in [0.5, 0.6) is 5.75 Å². The van der Waals surface area contributed by atoms with Gasteiger partial charge in [0.05, 0.1) is 0 Å². The predicted molar refractivity (Wildman–Crippen MR) is 49.8 cm³/mol. The van der Waals surface area contributed by atoms with Gasteiger partial charge in [-0.1, -0.05) is 6.07 Å². The Bertz CT molecular complexity index is 347. The molecule has 0 fully saturated rings. The summed E-state index contributed by atoms with van der Waals surface area (Å²) >= 11 is 0. The summed E-state index contributed by atoms with van der Waals surface area (Å²) in [6.45, 7) is -0.710. The average molecular weight is 198 g/mol. The van der Waals surface area contributed by atoms with Crippen molar-refractivity contribution in [2.24, 2.45) is 0 Å². The molecular formula is C11H12F2O. The van der Waals surface area contributed by atoms with Crippen molar-refractivity contribution < 1.29 is 13.5 Å². The number of benzene rings is 1. The van der Waals surface area contributed by atoms with Gasteiger partial charge in [0, 0.05) is 0 Å². The Balaban J connectivity index is 2.38. The first-order valence-electron chi connectivity index (χ1n) is 4.74. The molecule has 14 heavy (non-hydrogen) atoms. The van der Waals surface area contributed by atoms with Crippen molar-refractivity contribution in [3.8, 4) is 5.75 Å². The number of hydrogen-bond donors (Lipinski definition) is 0. The SMILES string of the molecule is Cc1ccc(OC(F)F)c2c1CCC2. The van der Waals surface area contributed by atoms with Crippen molar-refractivity contribution in [2.45, 2.75) is 32.8 Å². The van der Waals surface area contributed by atoms with E-state index in [1.807, 2.05) is 13.0 Å². The second-order valence-corrected chi connectivity index (χ2v) is 3.57.